The van der Waals surface area contributed by atoms with Crippen molar-refractivity contribution in [1.82, 2.24) is 15.0 Å². The van der Waals surface area contributed by atoms with Crippen LogP contribution in [0, 0.1) is 5.41 Å². The average Bonchev–Trinajstić information content (AvgIpc) is 3.33. The van der Waals surface area contributed by atoms with Crippen LogP contribution < -0.4 is 4.74 Å². The number of aryl methyl sites for hydroxylation is 1. The van der Waals surface area contributed by atoms with Gasteiger partial charge in [0.2, 0.25) is 11.7 Å². The van der Waals surface area contributed by atoms with E-state index in [9.17, 15) is 9.59 Å². The van der Waals surface area contributed by atoms with E-state index in [1.807, 2.05) is 30.0 Å². The molecule has 0 unspecified atom stereocenters. The van der Waals surface area contributed by atoms with E-state index in [-0.39, 0.29) is 23.0 Å². The summed E-state index contributed by atoms with van der Waals surface area (Å²) in [6, 6.07) is 9.04. The minimum absolute atomic E-state index is 0.145. The van der Waals surface area contributed by atoms with E-state index in [2.05, 4.69) is 5.16 Å². The minimum atomic E-state index is -0.330. The second-order valence-electron chi connectivity index (χ2n) is 9.19. The molecule has 33 heavy (non-hydrogen) atoms. The Hall–Kier alpha value is -2.54. The lowest BCUT2D eigenvalue weighted by molar-refractivity contribution is -0.136. The molecule has 0 atom stereocenters. The smallest absolute Gasteiger partial charge is 0.292 e. The van der Waals surface area contributed by atoms with Crippen molar-refractivity contribution in [3.8, 4) is 5.75 Å². The van der Waals surface area contributed by atoms with Crippen molar-refractivity contribution in [2.24, 2.45) is 5.41 Å². The summed E-state index contributed by atoms with van der Waals surface area (Å²) >= 11 is 6.11. The number of amides is 2. The lowest BCUT2D eigenvalue weighted by Crippen LogP contribution is -2.48. The fourth-order valence-electron chi connectivity index (χ4n) is 4.66. The second kappa shape index (κ2) is 10.6. The van der Waals surface area contributed by atoms with Gasteiger partial charge >= 0.3 is 0 Å². The van der Waals surface area contributed by atoms with Crippen molar-refractivity contribution in [3.63, 3.8) is 0 Å². The Morgan fingerprint density at radius 2 is 1.85 bits per heavy atom. The predicted octanol–water partition coefficient (Wildman–Crippen LogP) is 4.59. The lowest BCUT2D eigenvalue weighted by atomic mass is 9.75. The first-order valence-electron chi connectivity index (χ1n) is 11.9. The van der Waals surface area contributed by atoms with E-state index in [4.69, 9.17) is 20.9 Å². The van der Waals surface area contributed by atoms with Crippen LogP contribution in [-0.4, -0.2) is 59.6 Å². The Morgan fingerprint density at radius 3 is 2.52 bits per heavy atom. The summed E-state index contributed by atoms with van der Waals surface area (Å²) in [5.74, 6) is 1.01. The number of hydrogen-bond acceptors (Lipinski definition) is 5. The summed E-state index contributed by atoms with van der Waals surface area (Å²) in [7, 11) is 0. The molecule has 7 nitrogen and oxygen atoms in total. The largest absolute Gasteiger partial charge is 0.493 e. The third-order valence-corrected chi connectivity index (χ3v) is 7.05. The number of ether oxygens (including phenoxy) is 1. The van der Waals surface area contributed by atoms with Crippen molar-refractivity contribution in [2.75, 3.05) is 32.8 Å². The summed E-state index contributed by atoms with van der Waals surface area (Å²) in [6.07, 6.45) is 5.84. The number of hydrogen-bond donors (Lipinski definition) is 0. The molecule has 2 saturated heterocycles. The van der Waals surface area contributed by atoms with Gasteiger partial charge in [-0.3, -0.25) is 9.59 Å². The van der Waals surface area contributed by atoms with E-state index in [0.29, 0.717) is 49.7 Å². The molecule has 2 aliphatic rings. The molecule has 0 N–H and O–H groups in total. The first kappa shape index (κ1) is 23.6. The molecule has 178 valence electrons. The molecule has 0 radical (unpaired) electrons. The molecular formula is C25H32ClN3O4. The summed E-state index contributed by atoms with van der Waals surface area (Å²) in [4.78, 5) is 29.8. The summed E-state index contributed by atoms with van der Waals surface area (Å²) < 4.78 is 11.4. The van der Waals surface area contributed by atoms with Crippen LogP contribution in [0.15, 0.2) is 34.9 Å². The number of piperidine rings is 2. The van der Waals surface area contributed by atoms with Crippen LogP contribution >= 0.6 is 11.6 Å². The number of likely N-dealkylation sites (tertiary alicyclic amines) is 2. The number of aromatic nitrogens is 1. The van der Waals surface area contributed by atoms with Crippen LogP contribution in [0.5, 0.6) is 5.75 Å². The van der Waals surface area contributed by atoms with Crippen LogP contribution in [0.4, 0.5) is 0 Å². The predicted molar refractivity (Wildman–Crippen MR) is 125 cm³/mol. The topological polar surface area (TPSA) is 75.9 Å². The van der Waals surface area contributed by atoms with Crippen LogP contribution in [0.3, 0.4) is 0 Å². The van der Waals surface area contributed by atoms with Gasteiger partial charge in [0.15, 0.2) is 0 Å². The van der Waals surface area contributed by atoms with Gasteiger partial charge in [0.25, 0.3) is 5.91 Å². The summed E-state index contributed by atoms with van der Waals surface area (Å²) in [6.45, 7) is 5.15. The first-order chi connectivity index (χ1) is 16.0. The van der Waals surface area contributed by atoms with Crippen LogP contribution in [0.2, 0.25) is 5.02 Å². The number of nitrogens with zero attached hydrogens (tertiary/aromatic N) is 3. The maximum absolute atomic E-state index is 13.2. The molecule has 1 aromatic heterocycles. The Morgan fingerprint density at radius 1 is 1.09 bits per heavy atom. The molecule has 2 aromatic rings. The minimum Gasteiger partial charge on any atom is -0.493 e. The molecule has 2 amide bonds. The Balaban J connectivity index is 1.44. The van der Waals surface area contributed by atoms with Gasteiger partial charge in [-0.1, -0.05) is 29.7 Å². The molecule has 0 aliphatic carbocycles. The summed E-state index contributed by atoms with van der Waals surface area (Å²) in [5.41, 5.74) is 0.440. The molecule has 8 heteroatoms. The van der Waals surface area contributed by atoms with Crippen molar-refractivity contribution < 1.29 is 18.8 Å². The monoisotopic (exact) mass is 473 g/mol. The molecule has 3 heterocycles. The number of benzene rings is 1. The van der Waals surface area contributed by atoms with Gasteiger partial charge in [0.05, 0.1) is 12.3 Å². The van der Waals surface area contributed by atoms with Gasteiger partial charge in [-0.25, -0.2) is 0 Å². The van der Waals surface area contributed by atoms with Gasteiger partial charge in [-0.05, 0) is 56.7 Å². The highest BCUT2D eigenvalue weighted by atomic mass is 35.5. The molecule has 0 bridgehead atoms. The normalized spacial score (nSPS) is 18.2. The van der Waals surface area contributed by atoms with Gasteiger partial charge < -0.3 is 19.1 Å². The molecule has 2 aliphatic heterocycles. The second-order valence-corrected chi connectivity index (χ2v) is 9.63. The zero-order chi connectivity index (χ0) is 23.3. The molecule has 0 saturated carbocycles. The fourth-order valence-corrected chi connectivity index (χ4v) is 4.84. The van der Waals surface area contributed by atoms with Crippen LogP contribution in [0.25, 0.3) is 0 Å². The van der Waals surface area contributed by atoms with Gasteiger partial charge in [0.1, 0.15) is 5.75 Å². The lowest BCUT2D eigenvalue weighted by Gasteiger charge is -2.42. The molecule has 1 aromatic carbocycles. The molecule has 2 fully saturated rings. The highest BCUT2D eigenvalue weighted by molar-refractivity contribution is 6.30. The van der Waals surface area contributed by atoms with Crippen molar-refractivity contribution >= 4 is 23.4 Å². The van der Waals surface area contributed by atoms with Gasteiger partial charge in [-0.2, -0.15) is 0 Å². The zero-order valence-corrected chi connectivity index (χ0v) is 20.0. The van der Waals surface area contributed by atoms with Crippen molar-refractivity contribution in [2.45, 2.75) is 51.9 Å². The highest BCUT2D eigenvalue weighted by Crippen LogP contribution is 2.37. The van der Waals surface area contributed by atoms with E-state index >= 15 is 0 Å². The number of rotatable bonds is 7. The van der Waals surface area contributed by atoms with E-state index < -0.39 is 0 Å². The maximum Gasteiger partial charge on any atom is 0.292 e. The van der Waals surface area contributed by atoms with Crippen molar-refractivity contribution in [1.29, 1.82) is 0 Å². The van der Waals surface area contributed by atoms with Crippen LogP contribution in [-0.2, 0) is 11.2 Å². The van der Waals surface area contributed by atoms with E-state index in [1.54, 1.807) is 17.0 Å². The average molecular weight is 474 g/mol. The Labute approximate surface area is 200 Å². The number of carbonyl (C=O) groups excluding carboxylic acids is 2. The quantitative estimate of drug-likeness (QED) is 0.587. The number of carbonyl (C=O) groups is 2. The zero-order valence-electron chi connectivity index (χ0n) is 19.2. The number of halogens is 1. The van der Waals surface area contributed by atoms with Crippen molar-refractivity contribution in [3.05, 3.63) is 46.8 Å². The third-order valence-electron chi connectivity index (χ3n) is 6.82. The Kier molecular flexibility index (Phi) is 7.58. The summed E-state index contributed by atoms with van der Waals surface area (Å²) in [5, 5.41) is 4.55. The maximum atomic E-state index is 13.2. The molecular weight excluding hydrogens is 442 g/mol. The van der Waals surface area contributed by atoms with Crippen LogP contribution in [0.1, 0.15) is 61.7 Å². The van der Waals surface area contributed by atoms with E-state index in [0.717, 1.165) is 38.0 Å². The first-order valence-corrected chi connectivity index (χ1v) is 12.3. The Bertz CT molecular complexity index is 962. The molecule has 0 spiro atoms. The molecule has 4 rings (SSSR count). The van der Waals surface area contributed by atoms with Gasteiger partial charge in [0, 0.05) is 49.1 Å². The highest BCUT2D eigenvalue weighted by Gasteiger charge is 2.40. The SMILES string of the molecule is CCc1cc(C(=O)N2CCC(COc3cccc(Cl)c3)(CC(=O)N3CCCCC3)CC2)on1. The fraction of sp³-hybridized carbons (Fsp3) is 0.560. The third kappa shape index (κ3) is 5.88. The van der Waals surface area contributed by atoms with E-state index in [1.165, 1.54) is 6.42 Å². The van der Waals surface area contributed by atoms with Gasteiger partial charge in [-0.15, -0.1) is 0 Å². The standard InChI is InChI=1S/C25H32ClN3O4/c1-2-20-16-22(33-27-20)24(31)29-13-9-25(10-14-29,17-23(30)28-11-4-3-5-12-28)18-32-21-8-6-7-19(26)15-21/h6-8,15-16H,2-5,9-14,17-18H2,1H3.